The van der Waals surface area contributed by atoms with Crippen molar-refractivity contribution < 1.29 is 23.1 Å². The van der Waals surface area contributed by atoms with Gasteiger partial charge in [0.05, 0.1) is 23.6 Å². The molecule has 2 fully saturated rings. The van der Waals surface area contributed by atoms with E-state index in [1.165, 1.54) is 11.1 Å². The third kappa shape index (κ3) is 5.17. The lowest BCUT2D eigenvalue weighted by atomic mass is 9.68. The Morgan fingerprint density at radius 2 is 1.95 bits per heavy atom. The highest BCUT2D eigenvalue weighted by Gasteiger charge is 2.47. The number of nitrogens with zero attached hydrogens (tertiary/aromatic N) is 1. The number of rotatable bonds is 0. The minimum atomic E-state index is -3.92. The van der Waals surface area contributed by atoms with Crippen molar-refractivity contribution in [1.29, 1.82) is 0 Å². The SMILES string of the molecule is C[C@@]12C/C=C/[C@H](O)[C@@H]3CC[C@H]3CN3C[C@@]4(CCCc5cc(Cl)ccc54)COc4ccc(cc43)C(=O)NS(=O)(=O)[C@@H]1CCC2. The van der Waals surface area contributed by atoms with Crippen molar-refractivity contribution in [2.75, 3.05) is 24.6 Å². The molecule has 2 N–H and O–H groups in total. The average molecular weight is 625 g/mol. The van der Waals surface area contributed by atoms with Crippen molar-refractivity contribution in [3.05, 3.63) is 70.3 Å². The highest BCUT2D eigenvalue weighted by atomic mass is 35.5. The number of sulfonamides is 1. The largest absolute Gasteiger partial charge is 0.490 e. The number of anilines is 1. The fourth-order valence-electron chi connectivity index (χ4n) is 8.65. The number of amides is 1. The number of halogens is 1. The predicted octanol–water partition coefficient (Wildman–Crippen LogP) is 5.78. The van der Waals surface area contributed by atoms with E-state index in [0.717, 1.165) is 62.2 Å². The van der Waals surface area contributed by atoms with Crippen LogP contribution in [0.1, 0.15) is 79.8 Å². The summed E-state index contributed by atoms with van der Waals surface area (Å²) in [6.45, 7) is 3.92. The molecule has 2 aromatic carbocycles. The summed E-state index contributed by atoms with van der Waals surface area (Å²) in [6, 6.07) is 11.5. The number of aryl methyl sites for hydroxylation is 1. The summed E-state index contributed by atoms with van der Waals surface area (Å²) >= 11 is 6.40. The Hall–Kier alpha value is -2.55. The van der Waals surface area contributed by atoms with E-state index in [0.29, 0.717) is 37.3 Å². The molecule has 0 aromatic heterocycles. The second-order valence-electron chi connectivity index (χ2n) is 13.9. The molecule has 2 bridgehead atoms. The molecule has 2 heterocycles. The van der Waals surface area contributed by atoms with Gasteiger partial charge in [0.15, 0.2) is 0 Å². The summed E-state index contributed by atoms with van der Waals surface area (Å²) in [5.41, 5.74) is 2.88. The van der Waals surface area contributed by atoms with E-state index in [2.05, 4.69) is 21.8 Å². The van der Waals surface area contributed by atoms with Crippen LogP contribution in [0.15, 0.2) is 48.6 Å². The lowest BCUT2D eigenvalue weighted by Gasteiger charge is -2.45. The summed E-state index contributed by atoms with van der Waals surface area (Å²) in [6.07, 6.45) is 10.9. The van der Waals surface area contributed by atoms with E-state index in [1.807, 2.05) is 31.2 Å². The zero-order valence-corrected chi connectivity index (χ0v) is 26.3. The molecule has 6 atom stereocenters. The van der Waals surface area contributed by atoms with Gasteiger partial charge in [0.25, 0.3) is 5.91 Å². The molecule has 0 saturated heterocycles. The molecule has 7 rings (SSSR count). The number of hydrogen-bond donors (Lipinski definition) is 2. The first-order valence-corrected chi connectivity index (χ1v) is 17.7. The van der Waals surface area contributed by atoms with Crippen molar-refractivity contribution in [2.24, 2.45) is 17.3 Å². The Morgan fingerprint density at radius 1 is 1.09 bits per heavy atom. The zero-order valence-electron chi connectivity index (χ0n) is 24.7. The number of benzene rings is 2. The molecule has 1 amide bonds. The maximum absolute atomic E-state index is 13.6. The van der Waals surface area contributed by atoms with Gasteiger partial charge in [-0.15, -0.1) is 0 Å². The fraction of sp³-hybridized carbons (Fsp3) is 0.559. The van der Waals surface area contributed by atoms with Crippen LogP contribution in [0.3, 0.4) is 0 Å². The second kappa shape index (κ2) is 10.8. The summed E-state index contributed by atoms with van der Waals surface area (Å²) in [5, 5.41) is 11.3. The van der Waals surface area contributed by atoms with Crippen LogP contribution < -0.4 is 14.4 Å². The average Bonchev–Trinajstić information content (AvgIpc) is 3.27. The van der Waals surface area contributed by atoms with Crippen LogP contribution in [-0.4, -0.2) is 50.5 Å². The zero-order chi connectivity index (χ0) is 30.0. The third-order valence-corrected chi connectivity index (χ3v) is 13.4. The molecular formula is C34H41ClN2O5S. The van der Waals surface area contributed by atoms with E-state index >= 15 is 0 Å². The molecule has 9 heteroatoms. The van der Waals surface area contributed by atoms with E-state index in [-0.39, 0.29) is 17.3 Å². The monoisotopic (exact) mass is 624 g/mol. The van der Waals surface area contributed by atoms with E-state index in [9.17, 15) is 18.3 Å². The number of nitrogens with one attached hydrogen (secondary N) is 1. The lowest BCUT2D eigenvalue weighted by molar-refractivity contribution is 0.0455. The Morgan fingerprint density at radius 3 is 2.77 bits per heavy atom. The van der Waals surface area contributed by atoms with Crippen molar-refractivity contribution in [3.63, 3.8) is 0 Å². The van der Waals surface area contributed by atoms with E-state index in [1.54, 1.807) is 12.1 Å². The number of hydrogen-bond acceptors (Lipinski definition) is 6. The normalized spacial score (nSPS) is 35.8. The Bertz CT molecular complexity index is 1580. The highest BCUT2D eigenvalue weighted by Crippen LogP contribution is 2.48. The topological polar surface area (TPSA) is 95.9 Å². The number of aliphatic hydroxyl groups excluding tert-OH is 1. The number of fused-ring (bicyclic) bond motifs is 5. The van der Waals surface area contributed by atoms with Crippen LogP contribution in [0.2, 0.25) is 5.02 Å². The first-order chi connectivity index (χ1) is 20.6. The number of carbonyl (C=O) groups excluding carboxylic acids is 1. The van der Waals surface area contributed by atoms with Crippen LogP contribution in [-0.2, 0) is 21.9 Å². The van der Waals surface area contributed by atoms with Gasteiger partial charge in [0, 0.05) is 29.1 Å². The molecule has 7 nitrogen and oxygen atoms in total. The molecule has 3 aliphatic carbocycles. The number of carbonyl (C=O) groups is 1. The maximum atomic E-state index is 13.6. The van der Waals surface area contributed by atoms with Crippen LogP contribution in [0, 0.1) is 17.3 Å². The smallest absolute Gasteiger partial charge is 0.264 e. The summed E-state index contributed by atoms with van der Waals surface area (Å²) < 4.78 is 36.2. The van der Waals surface area contributed by atoms with Crippen LogP contribution in [0.4, 0.5) is 5.69 Å². The van der Waals surface area contributed by atoms with Crippen molar-refractivity contribution in [3.8, 4) is 5.75 Å². The molecule has 43 heavy (non-hydrogen) atoms. The predicted molar refractivity (Wildman–Crippen MR) is 168 cm³/mol. The highest BCUT2D eigenvalue weighted by molar-refractivity contribution is 7.90. The molecule has 2 saturated carbocycles. The first kappa shape index (κ1) is 29.2. The van der Waals surface area contributed by atoms with Gasteiger partial charge in [-0.05, 0) is 110 Å². The van der Waals surface area contributed by atoms with Gasteiger partial charge in [-0.1, -0.05) is 43.2 Å². The van der Waals surface area contributed by atoms with Crippen LogP contribution in [0.5, 0.6) is 5.75 Å². The standard InChI is InChI=1S/C34H41ClN2O5S/c1-33-14-3-6-29(38)26-11-8-24(26)19-37-20-34(16-2-5-22-17-25(35)10-12-27(22)34)21-42-30-13-9-23(18-28(30)37)32(39)36-43(40,41)31(33)7-4-15-33/h3,6,9-10,12-13,17-18,24,26,29,31,38H,2,4-5,7-8,11,14-16,19-21H2,1H3,(H,36,39)/b6-3+/t24-,26+,29-,31+,33-,34-/m0/s1. The Labute approximate surface area is 259 Å². The van der Waals surface area contributed by atoms with Gasteiger partial charge in [0.1, 0.15) is 5.75 Å². The van der Waals surface area contributed by atoms with Crippen molar-refractivity contribution in [1.82, 2.24) is 4.72 Å². The van der Waals surface area contributed by atoms with Gasteiger partial charge in [-0.2, -0.15) is 0 Å². The molecule has 0 radical (unpaired) electrons. The third-order valence-electron chi connectivity index (χ3n) is 11.2. The minimum absolute atomic E-state index is 0.132. The fourth-order valence-corrected chi connectivity index (χ4v) is 10.8. The number of ether oxygens (including phenoxy) is 1. The van der Waals surface area contributed by atoms with Gasteiger partial charge in [0.2, 0.25) is 10.0 Å². The summed E-state index contributed by atoms with van der Waals surface area (Å²) in [5.74, 6) is 0.510. The van der Waals surface area contributed by atoms with Crippen molar-refractivity contribution >= 4 is 33.2 Å². The minimum Gasteiger partial charge on any atom is -0.490 e. The Balaban J connectivity index is 1.30. The van der Waals surface area contributed by atoms with Gasteiger partial charge < -0.3 is 14.7 Å². The van der Waals surface area contributed by atoms with Gasteiger partial charge >= 0.3 is 0 Å². The number of allylic oxidation sites excluding steroid dienone is 1. The van der Waals surface area contributed by atoms with E-state index in [4.69, 9.17) is 16.3 Å². The van der Waals surface area contributed by atoms with E-state index < -0.39 is 32.7 Å². The maximum Gasteiger partial charge on any atom is 0.264 e. The lowest BCUT2D eigenvalue weighted by Crippen LogP contribution is -2.49. The molecule has 230 valence electrons. The van der Waals surface area contributed by atoms with Gasteiger partial charge in [-0.3, -0.25) is 4.79 Å². The summed E-state index contributed by atoms with van der Waals surface area (Å²) in [4.78, 5) is 15.9. The molecule has 5 aliphatic rings. The summed E-state index contributed by atoms with van der Waals surface area (Å²) in [7, 11) is -3.92. The van der Waals surface area contributed by atoms with Crippen LogP contribution >= 0.6 is 11.6 Å². The molecule has 2 aromatic rings. The first-order valence-electron chi connectivity index (χ1n) is 15.8. The van der Waals surface area contributed by atoms with Crippen molar-refractivity contribution in [2.45, 2.75) is 81.5 Å². The molecule has 1 spiro atoms. The van der Waals surface area contributed by atoms with Crippen LogP contribution in [0.25, 0.3) is 0 Å². The molecule has 0 unspecified atom stereocenters. The van der Waals surface area contributed by atoms with Gasteiger partial charge in [-0.25, -0.2) is 13.1 Å². The quantitative estimate of drug-likeness (QED) is 0.361. The molecular weight excluding hydrogens is 584 g/mol. The second-order valence-corrected chi connectivity index (χ2v) is 16.2. The number of aliphatic hydroxyl groups is 1. The Kier molecular flexibility index (Phi) is 7.34. The molecule has 2 aliphatic heterocycles.